The second kappa shape index (κ2) is 7.92. The van der Waals surface area contributed by atoms with Crippen LogP contribution in [0.4, 0.5) is 0 Å². The van der Waals surface area contributed by atoms with E-state index in [1.807, 2.05) is 24.3 Å². The summed E-state index contributed by atoms with van der Waals surface area (Å²) in [5, 5.41) is 10.2. The summed E-state index contributed by atoms with van der Waals surface area (Å²) in [5.74, 6) is -0.183. The van der Waals surface area contributed by atoms with Crippen LogP contribution in [0.25, 0.3) is 0 Å². The summed E-state index contributed by atoms with van der Waals surface area (Å²) in [7, 11) is 1.57. The van der Waals surface area contributed by atoms with Crippen LogP contribution in [0.15, 0.2) is 66.7 Å². The van der Waals surface area contributed by atoms with E-state index in [0.29, 0.717) is 28.4 Å². The van der Waals surface area contributed by atoms with Gasteiger partial charge in [0.05, 0.1) is 13.2 Å². The first-order chi connectivity index (χ1) is 15.6. The molecule has 2 aliphatic heterocycles. The maximum atomic E-state index is 13.6. The number of carbonyl (C=O) groups is 2. The Balaban J connectivity index is 1.62. The number of hydrogen-bond donors (Lipinski definition) is 1. The van der Waals surface area contributed by atoms with E-state index >= 15 is 0 Å². The summed E-state index contributed by atoms with van der Waals surface area (Å²) >= 11 is 0. The van der Waals surface area contributed by atoms with E-state index in [-0.39, 0.29) is 19.2 Å². The van der Waals surface area contributed by atoms with E-state index in [0.717, 1.165) is 11.1 Å². The van der Waals surface area contributed by atoms with Crippen molar-refractivity contribution >= 4 is 11.9 Å². The molecule has 2 heterocycles. The topological polar surface area (TPSA) is 85.3 Å². The fraction of sp³-hybridized carbons (Fsp3) is 0.200. The van der Waals surface area contributed by atoms with E-state index in [1.165, 1.54) is 0 Å². The molecule has 3 aromatic rings. The molecule has 2 aliphatic rings. The van der Waals surface area contributed by atoms with Crippen LogP contribution in [0.1, 0.15) is 39.0 Å². The molecule has 3 aromatic carbocycles. The Kier molecular flexibility index (Phi) is 4.93. The van der Waals surface area contributed by atoms with Gasteiger partial charge < -0.3 is 24.2 Å². The maximum Gasteiger partial charge on any atom is 0.313 e. The zero-order chi connectivity index (χ0) is 22.2. The van der Waals surface area contributed by atoms with Gasteiger partial charge in [-0.15, -0.1) is 0 Å². The van der Waals surface area contributed by atoms with Gasteiger partial charge in [-0.1, -0.05) is 36.4 Å². The molecule has 0 spiro atoms. The van der Waals surface area contributed by atoms with Crippen LogP contribution in [0, 0.1) is 0 Å². The summed E-state index contributed by atoms with van der Waals surface area (Å²) in [5.41, 5.74) is 2.48. The lowest BCUT2D eigenvalue weighted by Gasteiger charge is -2.41. The SMILES string of the molecule is COc1ccc(C2C(C(=O)O)c3ccccc3C(=O)N2Cc2ccc3c(c2)OCO3)cc1. The summed E-state index contributed by atoms with van der Waals surface area (Å²) in [6, 6.07) is 18.9. The van der Waals surface area contributed by atoms with Crippen molar-refractivity contribution in [3.63, 3.8) is 0 Å². The standard InChI is InChI=1S/C25H21NO6/c1-30-17-9-7-16(8-10-17)23-22(25(28)29)18-4-2-3-5-19(18)24(27)26(23)13-15-6-11-20-21(12-15)32-14-31-20/h2-12,22-23H,13-14H2,1H3,(H,28,29). The second-order valence-corrected chi connectivity index (χ2v) is 7.74. The molecule has 0 bridgehead atoms. The van der Waals surface area contributed by atoms with Crippen molar-refractivity contribution in [3.05, 3.63) is 89.0 Å². The molecular formula is C25H21NO6. The van der Waals surface area contributed by atoms with E-state index in [9.17, 15) is 14.7 Å². The monoisotopic (exact) mass is 431 g/mol. The normalized spacial score (nSPS) is 18.9. The van der Waals surface area contributed by atoms with Crippen LogP contribution in [0.5, 0.6) is 17.2 Å². The molecule has 0 saturated heterocycles. The van der Waals surface area contributed by atoms with Gasteiger partial charge in [0.25, 0.3) is 5.91 Å². The third-order valence-corrected chi connectivity index (χ3v) is 5.95. The quantitative estimate of drug-likeness (QED) is 0.658. The molecule has 0 fully saturated rings. The average molecular weight is 431 g/mol. The van der Waals surface area contributed by atoms with Crippen molar-refractivity contribution in [2.45, 2.75) is 18.5 Å². The van der Waals surface area contributed by atoms with Crippen LogP contribution < -0.4 is 14.2 Å². The third kappa shape index (κ3) is 3.32. The van der Waals surface area contributed by atoms with Gasteiger partial charge in [-0.2, -0.15) is 0 Å². The number of hydrogen-bond acceptors (Lipinski definition) is 5. The molecule has 162 valence electrons. The zero-order valence-corrected chi connectivity index (χ0v) is 17.4. The predicted octanol–water partition coefficient (Wildman–Crippen LogP) is 3.99. The maximum absolute atomic E-state index is 13.6. The van der Waals surface area contributed by atoms with Crippen molar-refractivity contribution in [1.29, 1.82) is 0 Å². The van der Waals surface area contributed by atoms with Crippen molar-refractivity contribution in [2.75, 3.05) is 13.9 Å². The molecule has 7 nitrogen and oxygen atoms in total. The highest BCUT2D eigenvalue weighted by Crippen LogP contribution is 2.44. The summed E-state index contributed by atoms with van der Waals surface area (Å²) in [6.07, 6.45) is 0. The molecule has 2 unspecified atom stereocenters. The number of ether oxygens (including phenoxy) is 3. The van der Waals surface area contributed by atoms with Crippen molar-refractivity contribution < 1.29 is 28.9 Å². The molecule has 1 amide bonds. The molecule has 2 atom stereocenters. The van der Waals surface area contributed by atoms with Crippen LogP contribution in [-0.2, 0) is 11.3 Å². The molecule has 5 rings (SSSR count). The summed E-state index contributed by atoms with van der Waals surface area (Å²) in [4.78, 5) is 27.7. The molecule has 0 saturated carbocycles. The van der Waals surface area contributed by atoms with E-state index in [2.05, 4.69) is 0 Å². The van der Waals surface area contributed by atoms with Gasteiger partial charge >= 0.3 is 5.97 Å². The van der Waals surface area contributed by atoms with Crippen LogP contribution in [0.2, 0.25) is 0 Å². The van der Waals surface area contributed by atoms with Crippen LogP contribution in [-0.4, -0.2) is 35.8 Å². The van der Waals surface area contributed by atoms with Crippen molar-refractivity contribution in [2.24, 2.45) is 0 Å². The fourth-order valence-electron chi connectivity index (χ4n) is 4.44. The smallest absolute Gasteiger partial charge is 0.313 e. The first-order valence-corrected chi connectivity index (χ1v) is 10.2. The first-order valence-electron chi connectivity index (χ1n) is 10.2. The van der Waals surface area contributed by atoms with Gasteiger partial charge in [0.15, 0.2) is 11.5 Å². The molecule has 32 heavy (non-hydrogen) atoms. The number of carboxylic acids is 1. The number of aliphatic carboxylic acids is 1. The number of nitrogens with zero attached hydrogens (tertiary/aromatic N) is 1. The Morgan fingerprint density at radius 1 is 1.06 bits per heavy atom. The molecule has 7 heteroatoms. The van der Waals surface area contributed by atoms with Gasteiger partial charge in [0.2, 0.25) is 6.79 Å². The molecule has 0 aliphatic carbocycles. The number of fused-ring (bicyclic) bond motifs is 2. The molecular weight excluding hydrogens is 410 g/mol. The minimum Gasteiger partial charge on any atom is -0.497 e. The molecule has 0 aromatic heterocycles. The number of carboxylic acid groups (broad SMARTS) is 1. The van der Waals surface area contributed by atoms with Gasteiger partial charge in [0.1, 0.15) is 11.7 Å². The highest BCUT2D eigenvalue weighted by Gasteiger charge is 2.44. The Bertz CT molecular complexity index is 1190. The van der Waals surface area contributed by atoms with Gasteiger partial charge in [-0.25, -0.2) is 0 Å². The minimum atomic E-state index is -0.985. The Hall–Kier alpha value is -4.00. The summed E-state index contributed by atoms with van der Waals surface area (Å²) < 4.78 is 16.1. The van der Waals surface area contributed by atoms with Crippen molar-refractivity contribution in [1.82, 2.24) is 4.90 Å². The highest BCUT2D eigenvalue weighted by molar-refractivity contribution is 6.00. The Labute approximate surface area is 184 Å². The first kappa shape index (κ1) is 19.9. The molecule has 0 radical (unpaired) electrons. The number of benzene rings is 3. The van der Waals surface area contributed by atoms with Gasteiger partial charge in [-0.05, 0) is 47.0 Å². The van der Waals surface area contributed by atoms with E-state index in [1.54, 1.807) is 54.5 Å². The lowest BCUT2D eigenvalue weighted by atomic mass is 9.79. The number of rotatable bonds is 5. The zero-order valence-electron chi connectivity index (χ0n) is 17.4. The number of methoxy groups -OCH3 is 1. The summed E-state index contributed by atoms with van der Waals surface area (Å²) in [6.45, 7) is 0.384. The second-order valence-electron chi connectivity index (χ2n) is 7.74. The minimum absolute atomic E-state index is 0.157. The van der Waals surface area contributed by atoms with Gasteiger partial charge in [0, 0.05) is 12.1 Å². The predicted molar refractivity (Wildman–Crippen MR) is 115 cm³/mol. The number of carbonyl (C=O) groups excluding carboxylic acids is 1. The molecule has 1 N–H and O–H groups in total. The Morgan fingerprint density at radius 2 is 1.81 bits per heavy atom. The lowest BCUT2D eigenvalue weighted by molar-refractivity contribution is -0.140. The lowest BCUT2D eigenvalue weighted by Crippen LogP contribution is -2.44. The van der Waals surface area contributed by atoms with E-state index in [4.69, 9.17) is 14.2 Å². The third-order valence-electron chi connectivity index (χ3n) is 5.95. The van der Waals surface area contributed by atoms with Crippen molar-refractivity contribution in [3.8, 4) is 17.2 Å². The van der Waals surface area contributed by atoms with Gasteiger partial charge in [-0.3, -0.25) is 9.59 Å². The Morgan fingerprint density at radius 3 is 2.56 bits per heavy atom. The fourth-order valence-corrected chi connectivity index (χ4v) is 4.44. The largest absolute Gasteiger partial charge is 0.497 e. The van der Waals surface area contributed by atoms with Crippen LogP contribution >= 0.6 is 0 Å². The van der Waals surface area contributed by atoms with Crippen LogP contribution in [0.3, 0.4) is 0 Å². The van der Waals surface area contributed by atoms with E-state index < -0.39 is 17.9 Å². The highest BCUT2D eigenvalue weighted by atomic mass is 16.7. The average Bonchev–Trinajstić information content (AvgIpc) is 3.28. The number of amides is 1.